The van der Waals surface area contributed by atoms with E-state index in [1.165, 1.54) is 10.8 Å². The van der Waals surface area contributed by atoms with Crippen LogP contribution in [0, 0.1) is 11.3 Å². The van der Waals surface area contributed by atoms with Gasteiger partial charge in [0.25, 0.3) is 0 Å². The van der Waals surface area contributed by atoms with Gasteiger partial charge in [0.05, 0.1) is 6.07 Å². The van der Waals surface area contributed by atoms with E-state index >= 15 is 0 Å². The van der Waals surface area contributed by atoms with Crippen LogP contribution in [0.3, 0.4) is 0 Å². The van der Waals surface area contributed by atoms with Gasteiger partial charge in [-0.2, -0.15) is 18.4 Å². The maximum absolute atomic E-state index is 11.5. The van der Waals surface area contributed by atoms with Crippen molar-refractivity contribution in [3.05, 3.63) is 0 Å². The average molecular weight is 202 g/mol. The summed E-state index contributed by atoms with van der Waals surface area (Å²) in [6.45, 7) is -0.529. The molecule has 0 aromatic heterocycles. The molecule has 0 aliphatic heterocycles. The Labute approximate surface area is 67.0 Å². The van der Waals surface area contributed by atoms with Crippen molar-refractivity contribution < 1.29 is 21.6 Å². The number of rotatable bonds is 3. The summed E-state index contributed by atoms with van der Waals surface area (Å²) < 4.78 is 56.2. The van der Waals surface area contributed by atoms with Crippen molar-refractivity contribution in [2.45, 2.75) is 11.9 Å². The van der Waals surface area contributed by atoms with Crippen molar-refractivity contribution >= 4 is 10.0 Å². The molecule has 12 heavy (non-hydrogen) atoms. The molecular weight excluding hydrogens is 197 g/mol. The lowest BCUT2D eigenvalue weighted by Crippen LogP contribution is -2.36. The average Bonchev–Trinajstić information content (AvgIpc) is 1.85. The normalized spacial score (nSPS) is 12.5. The maximum Gasteiger partial charge on any atom is 0.511 e. The van der Waals surface area contributed by atoms with Crippen molar-refractivity contribution in [3.63, 3.8) is 0 Å². The molecule has 1 N–H and O–H groups in total. The Morgan fingerprint density at radius 1 is 1.42 bits per heavy atom. The van der Waals surface area contributed by atoms with Crippen molar-refractivity contribution in [2.24, 2.45) is 0 Å². The van der Waals surface area contributed by atoms with Gasteiger partial charge in [-0.15, -0.1) is 0 Å². The summed E-state index contributed by atoms with van der Waals surface area (Å²) in [6, 6.07) is 1.50. The highest BCUT2D eigenvalue weighted by Gasteiger charge is 2.45. The van der Waals surface area contributed by atoms with Crippen LogP contribution in [-0.4, -0.2) is 20.5 Å². The SMILES string of the molecule is N#CCCNS(=O)(=O)C(F)(F)F. The van der Waals surface area contributed by atoms with Gasteiger partial charge < -0.3 is 0 Å². The highest BCUT2D eigenvalue weighted by Crippen LogP contribution is 2.21. The van der Waals surface area contributed by atoms with Crippen LogP contribution in [0.4, 0.5) is 13.2 Å². The summed E-state index contributed by atoms with van der Waals surface area (Å²) in [7, 11) is -5.27. The molecule has 0 aliphatic carbocycles. The third-order valence-corrected chi connectivity index (χ3v) is 2.03. The van der Waals surface area contributed by atoms with E-state index in [4.69, 9.17) is 5.26 Å². The first kappa shape index (κ1) is 11.2. The third kappa shape index (κ3) is 3.06. The molecule has 0 saturated heterocycles. The Morgan fingerprint density at radius 2 is 1.92 bits per heavy atom. The number of nitrogens with zero attached hydrogens (tertiary/aromatic N) is 1. The Morgan fingerprint density at radius 3 is 2.25 bits per heavy atom. The molecule has 8 heteroatoms. The zero-order chi connectivity index (χ0) is 9.83. The summed E-state index contributed by atoms with van der Waals surface area (Å²) in [5.41, 5.74) is -5.30. The quantitative estimate of drug-likeness (QED) is 0.671. The number of hydrogen-bond acceptors (Lipinski definition) is 3. The van der Waals surface area contributed by atoms with E-state index in [1.807, 2.05) is 0 Å². The topological polar surface area (TPSA) is 70.0 Å². The van der Waals surface area contributed by atoms with Crippen LogP contribution in [0.15, 0.2) is 0 Å². The minimum absolute atomic E-state index is 0.296. The molecule has 0 fully saturated rings. The summed E-state index contributed by atoms with van der Waals surface area (Å²) in [5.74, 6) is 0. The molecule has 0 rings (SSSR count). The van der Waals surface area contributed by atoms with E-state index in [0.717, 1.165) is 0 Å². The third-order valence-electron chi connectivity index (χ3n) is 0.834. The molecule has 0 radical (unpaired) electrons. The molecule has 0 saturated carbocycles. The van der Waals surface area contributed by atoms with Gasteiger partial charge in [-0.05, 0) is 0 Å². The zero-order valence-electron chi connectivity index (χ0n) is 5.72. The van der Waals surface area contributed by atoms with Gasteiger partial charge in [-0.25, -0.2) is 13.1 Å². The van der Waals surface area contributed by atoms with Crippen LogP contribution in [0.1, 0.15) is 6.42 Å². The standard InChI is InChI=1S/C4H5F3N2O2S/c5-4(6,7)12(10,11)9-3-1-2-8/h9H,1,3H2. The Balaban J connectivity index is 4.19. The summed E-state index contributed by atoms with van der Waals surface area (Å²) in [6.07, 6.45) is -0.296. The Bertz CT molecular complexity index is 276. The maximum atomic E-state index is 11.5. The number of hydrogen-bond donors (Lipinski definition) is 1. The van der Waals surface area contributed by atoms with Gasteiger partial charge in [0.2, 0.25) is 0 Å². The highest BCUT2D eigenvalue weighted by atomic mass is 32.2. The monoisotopic (exact) mass is 202 g/mol. The van der Waals surface area contributed by atoms with Gasteiger partial charge in [0, 0.05) is 13.0 Å². The molecule has 0 amide bonds. The van der Waals surface area contributed by atoms with Gasteiger partial charge >= 0.3 is 15.5 Å². The molecular formula is C4H5F3N2O2S. The number of nitriles is 1. The second-order valence-corrected chi connectivity index (χ2v) is 3.51. The van der Waals surface area contributed by atoms with E-state index in [2.05, 4.69) is 0 Å². The first-order valence-electron chi connectivity index (χ1n) is 2.74. The fraction of sp³-hybridized carbons (Fsp3) is 0.750. The molecule has 0 bridgehead atoms. The molecule has 4 nitrogen and oxygen atoms in total. The van der Waals surface area contributed by atoms with E-state index < -0.39 is 22.1 Å². The van der Waals surface area contributed by atoms with Gasteiger partial charge in [-0.3, -0.25) is 0 Å². The van der Waals surface area contributed by atoms with E-state index in [1.54, 1.807) is 0 Å². The summed E-state index contributed by atoms with van der Waals surface area (Å²) >= 11 is 0. The van der Waals surface area contributed by atoms with Crippen molar-refractivity contribution in [1.29, 1.82) is 5.26 Å². The second-order valence-electron chi connectivity index (χ2n) is 1.75. The molecule has 0 spiro atoms. The molecule has 0 atom stereocenters. The molecule has 70 valence electrons. The lowest BCUT2D eigenvalue weighted by atomic mass is 10.5. The summed E-state index contributed by atoms with van der Waals surface area (Å²) in [4.78, 5) is 0. The van der Waals surface area contributed by atoms with E-state index in [0.29, 0.717) is 0 Å². The van der Waals surface area contributed by atoms with Crippen molar-refractivity contribution in [2.75, 3.05) is 6.54 Å². The smallest absolute Gasteiger partial charge is 0.206 e. The minimum Gasteiger partial charge on any atom is -0.206 e. The predicted octanol–water partition coefficient (Wildman–Crippen LogP) is 0.339. The zero-order valence-corrected chi connectivity index (χ0v) is 6.54. The number of sulfonamides is 1. The van der Waals surface area contributed by atoms with E-state index in [-0.39, 0.29) is 6.42 Å². The summed E-state index contributed by atoms with van der Waals surface area (Å²) in [5, 5.41) is 7.90. The van der Waals surface area contributed by atoms with Crippen LogP contribution in [0.25, 0.3) is 0 Å². The van der Waals surface area contributed by atoms with E-state index in [9.17, 15) is 21.6 Å². The lowest BCUT2D eigenvalue weighted by molar-refractivity contribution is -0.0447. The fourth-order valence-electron chi connectivity index (χ4n) is 0.323. The largest absolute Gasteiger partial charge is 0.511 e. The first-order valence-corrected chi connectivity index (χ1v) is 4.22. The second kappa shape index (κ2) is 3.73. The molecule has 0 aromatic rings. The van der Waals surface area contributed by atoms with Crippen LogP contribution in [0.5, 0.6) is 0 Å². The van der Waals surface area contributed by atoms with Gasteiger partial charge in [0.15, 0.2) is 0 Å². The Hall–Kier alpha value is -0.810. The van der Waals surface area contributed by atoms with Crippen molar-refractivity contribution in [3.8, 4) is 6.07 Å². The van der Waals surface area contributed by atoms with Crippen LogP contribution >= 0.6 is 0 Å². The number of nitrogens with one attached hydrogen (secondary N) is 1. The van der Waals surface area contributed by atoms with Gasteiger partial charge in [0.1, 0.15) is 0 Å². The molecule has 0 aromatic carbocycles. The Kier molecular flexibility index (Phi) is 3.48. The first-order chi connectivity index (χ1) is 5.31. The van der Waals surface area contributed by atoms with Crippen molar-refractivity contribution in [1.82, 2.24) is 4.72 Å². The molecule has 0 heterocycles. The molecule has 0 aliphatic rings. The minimum atomic E-state index is -5.30. The van der Waals surface area contributed by atoms with Crippen LogP contribution < -0.4 is 4.72 Å². The van der Waals surface area contributed by atoms with Gasteiger partial charge in [-0.1, -0.05) is 0 Å². The fourth-order valence-corrected chi connectivity index (χ4v) is 0.858. The molecule has 0 unspecified atom stereocenters. The predicted molar refractivity (Wildman–Crippen MR) is 33.2 cm³/mol. The number of halogens is 3. The lowest BCUT2D eigenvalue weighted by Gasteiger charge is -2.07. The highest BCUT2D eigenvalue weighted by molar-refractivity contribution is 7.90. The van der Waals surface area contributed by atoms with Crippen LogP contribution in [0.2, 0.25) is 0 Å². The van der Waals surface area contributed by atoms with Crippen LogP contribution in [-0.2, 0) is 10.0 Å². The number of alkyl halides is 3.